The van der Waals surface area contributed by atoms with E-state index in [-0.39, 0.29) is 5.91 Å². The summed E-state index contributed by atoms with van der Waals surface area (Å²) in [6.45, 7) is 3.96. The molecule has 0 fully saturated rings. The molecule has 1 heterocycles. The number of amides is 1. The van der Waals surface area contributed by atoms with E-state index in [1.54, 1.807) is 18.2 Å². The molecule has 2 aromatic carbocycles. The van der Waals surface area contributed by atoms with Gasteiger partial charge in [-0.05, 0) is 49.7 Å². The monoisotopic (exact) mass is 380 g/mol. The third-order valence-electron chi connectivity index (χ3n) is 4.05. The lowest BCUT2D eigenvalue weighted by Crippen LogP contribution is -2.14. The van der Waals surface area contributed by atoms with Gasteiger partial charge >= 0.3 is 0 Å². The number of aromatic nitrogens is 1. The fourth-order valence-corrected chi connectivity index (χ4v) is 2.91. The molecule has 4 nitrogen and oxygen atoms in total. The number of benzene rings is 2. The summed E-state index contributed by atoms with van der Waals surface area (Å²) in [6, 6.07) is 18.2. The number of nitrogens with zero attached hydrogens (tertiary/aromatic N) is 1. The summed E-state index contributed by atoms with van der Waals surface area (Å²) < 4.78 is 5.81. The van der Waals surface area contributed by atoms with Crippen molar-refractivity contribution in [3.63, 3.8) is 0 Å². The Morgan fingerprint density at radius 2 is 1.93 bits per heavy atom. The predicted octanol–water partition coefficient (Wildman–Crippen LogP) is 6.04. The van der Waals surface area contributed by atoms with Gasteiger partial charge in [0, 0.05) is 17.4 Å². The molecule has 0 saturated heterocycles. The van der Waals surface area contributed by atoms with E-state index in [2.05, 4.69) is 17.2 Å². The Bertz CT molecular complexity index is 957. The zero-order chi connectivity index (χ0) is 19.2. The predicted molar refractivity (Wildman–Crippen MR) is 109 cm³/mol. The normalized spacial score (nSPS) is 10.5. The molecule has 0 spiro atoms. The third-order valence-corrected chi connectivity index (χ3v) is 4.36. The molecule has 1 aromatic heterocycles. The lowest BCUT2D eigenvalue weighted by Gasteiger charge is -2.11. The first-order valence-electron chi connectivity index (χ1n) is 8.87. The second-order valence-electron chi connectivity index (χ2n) is 6.20. The molecule has 0 unspecified atom stereocenters. The summed E-state index contributed by atoms with van der Waals surface area (Å²) in [6.07, 6.45) is 1.93. The van der Waals surface area contributed by atoms with E-state index in [4.69, 9.17) is 16.3 Å². The van der Waals surface area contributed by atoms with E-state index in [0.717, 1.165) is 24.2 Å². The average Bonchev–Trinajstić information content (AvgIpc) is 2.64. The zero-order valence-corrected chi connectivity index (χ0v) is 16.1. The van der Waals surface area contributed by atoms with Crippen molar-refractivity contribution < 1.29 is 9.53 Å². The highest BCUT2D eigenvalue weighted by atomic mass is 35.5. The molecule has 0 atom stereocenters. The van der Waals surface area contributed by atoms with Crippen molar-refractivity contribution in [3.8, 4) is 11.5 Å². The second kappa shape index (κ2) is 8.69. The maximum absolute atomic E-state index is 12.6. The quantitative estimate of drug-likeness (QED) is 0.567. The van der Waals surface area contributed by atoms with Crippen molar-refractivity contribution in [1.82, 2.24) is 4.98 Å². The molecule has 0 saturated carbocycles. The number of ether oxygens (including phenoxy) is 1. The maximum Gasteiger partial charge on any atom is 0.257 e. The summed E-state index contributed by atoms with van der Waals surface area (Å²) in [5, 5.41) is 3.43. The minimum Gasteiger partial charge on any atom is -0.456 e. The highest BCUT2D eigenvalue weighted by Gasteiger charge is 2.12. The fraction of sp³-hybridized carbons (Fsp3) is 0.182. The van der Waals surface area contributed by atoms with Crippen LogP contribution in [0.5, 0.6) is 11.5 Å². The highest BCUT2D eigenvalue weighted by Crippen LogP contribution is 2.30. The van der Waals surface area contributed by atoms with Crippen molar-refractivity contribution in [2.24, 2.45) is 0 Å². The van der Waals surface area contributed by atoms with Crippen LogP contribution in [0.25, 0.3) is 0 Å². The van der Waals surface area contributed by atoms with Crippen LogP contribution in [-0.2, 0) is 6.42 Å². The molecule has 1 N–H and O–H groups in total. The molecule has 0 bridgehead atoms. The number of carbonyl (C=O) groups excluding carboxylic acids is 1. The van der Waals surface area contributed by atoms with Crippen molar-refractivity contribution in [2.75, 3.05) is 5.32 Å². The number of aryl methyl sites for hydroxylation is 2. The lowest BCUT2D eigenvalue weighted by atomic mass is 10.1. The summed E-state index contributed by atoms with van der Waals surface area (Å²) >= 11 is 6.13. The Labute approximate surface area is 164 Å². The van der Waals surface area contributed by atoms with Gasteiger partial charge in [0.15, 0.2) is 0 Å². The van der Waals surface area contributed by atoms with Crippen LogP contribution in [0.3, 0.4) is 0 Å². The zero-order valence-electron chi connectivity index (χ0n) is 15.3. The minimum absolute atomic E-state index is 0.196. The topological polar surface area (TPSA) is 51.2 Å². The first-order valence-corrected chi connectivity index (χ1v) is 9.25. The van der Waals surface area contributed by atoms with Crippen LogP contribution in [-0.4, -0.2) is 10.9 Å². The largest absolute Gasteiger partial charge is 0.456 e. The Hall–Kier alpha value is -2.85. The van der Waals surface area contributed by atoms with Crippen molar-refractivity contribution in [1.29, 1.82) is 0 Å². The van der Waals surface area contributed by atoms with Crippen LogP contribution in [0, 0.1) is 6.92 Å². The summed E-state index contributed by atoms with van der Waals surface area (Å²) in [5.74, 6) is 0.959. The maximum atomic E-state index is 12.6. The fourth-order valence-electron chi connectivity index (χ4n) is 2.74. The first-order chi connectivity index (χ1) is 13.1. The molecular weight excluding hydrogens is 360 g/mol. The number of hydrogen-bond donors (Lipinski definition) is 1. The number of pyridine rings is 1. The van der Waals surface area contributed by atoms with Gasteiger partial charge in [-0.3, -0.25) is 9.78 Å². The van der Waals surface area contributed by atoms with Gasteiger partial charge in [-0.25, -0.2) is 0 Å². The Balaban J connectivity index is 1.74. The number of hydrogen-bond acceptors (Lipinski definition) is 3. The molecule has 3 aromatic rings. The number of carbonyl (C=O) groups is 1. The van der Waals surface area contributed by atoms with Gasteiger partial charge < -0.3 is 10.1 Å². The van der Waals surface area contributed by atoms with Gasteiger partial charge in [0.05, 0.1) is 16.3 Å². The van der Waals surface area contributed by atoms with E-state index in [1.807, 2.05) is 49.4 Å². The molecule has 27 heavy (non-hydrogen) atoms. The van der Waals surface area contributed by atoms with Crippen molar-refractivity contribution in [2.45, 2.75) is 26.7 Å². The van der Waals surface area contributed by atoms with Gasteiger partial charge in [0.25, 0.3) is 5.91 Å². The number of halogens is 1. The smallest absolute Gasteiger partial charge is 0.257 e. The van der Waals surface area contributed by atoms with Crippen molar-refractivity contribution >= 4 is 23.2 Å². The summed E-state index contributed by atoms with van der Waals surface area (Å²) in [7, 11) is 0. The van der Waals surface area contributed by atoms with E-state index >= 15 is 0 Å². The molecule has 1 amide bonds. The van der Waals surface area contributed by atoms with Crippen LogP contribution < -0.4 is 10.1 Å². The van der Waals surface area contributed by atoms with Crippen LogP contribution in [0.4, 0.5) is 5.69 Å². The minimum atomic E-state index is -0.196. The Morgan fingerprint density at radius 3 is 2.67 bits per heavy atom. The Morgan fingerprint density at radius 1 is 1.11 bits per heavy atom. The molecule has 0 radical (unpaired) electrons. The number of rotatable bonds is 6. The Kier molecular flexibility index (Phi) is 6.09. The molecule has 0 aliphatic heterocycles. The third kappa shape index (κ3) is 4.86. The highest BCUT2D eigenvalue weighted by molar-refractivity contribution is 6.32. The van der Waals surface area contributed by atoms with Gasteiger partial charge in [-0.1, -0.05) is 43.1 Å². The molecule has 0 aliphatic carbocycles. The van der Waals surface area contributed by atoms with E-state index in [9.17, 15) is 4.79 Å². The van der Waals surface area contributed by atoms with Crippen molar-refractivity contribution in [3.05, 3.63) is 82.6 Å². The van der Waals surface area contributed by atoms with Crippen LogP contribution in [0.2, 0.25) is 5.02 Å². The van der Waals surface area contributed by atoms with Gasteiger partial charge in [-0.15, -0.1) is 0 Å². The molecular formula is C22H21ClN2O2. The average molecular weight is 381 g/mol. The van der Waals surface area contributed by atoms with Gasteiger partial charge in [-0.2, -0.15) is 0 Å². The van der Waals surface area contributed by atoms with E-state index in [1.165, 1.54) is 0 Å². The molecule has 5 heteroatoms. The van der Waals surface area contributed by atoms with Gasteiger partial charge in [0.2, 0.25) is 0 Å². The number of anilines is 1. The van der Waals surface area contributed by atoms with Gasteiger partial charge in [0.1, 0.15) is 11.5 Å². The second-order valence-corrected chi connectivity index (χ2v) is 6.61. The van der Waals surface area contributed by atoms with Crippen LogP contribution in [0.1, 0.15) is 35.1 Å². The summed E-state index contributed by atoms with van der Waals surface area (Å²) in [5.41, 5.74) is 2.93. The molecule has 138 valence electrons. The molecule has 3 rings (SSSR count). The van der Waals surface area contributed by atoms with E-state index in [0.29, 0.717) is 27.8 Å². The molecule has 0 aliphatic rings. The SMILES string of the molecule is CCCc1ccc(C(=O)Nc2cccc(Oc3ccccc3Cl)c2)c(C)n1. The van der Waals surface area contributed by atoms with Crippen LogP contribution in [0.15, 0.2) is 60.7 Å². The summed E-state index contributed by atoms with van der Waals surface area (Å²) in [4.78, 5) is 17.1. The lowest BCUT2D eigenvalue weighted by molar-refractivity contribution is 0.102. The first kappa shape index (κ1) is 18.9. The standard InChI is InChI=1S/C22H21ClN2O2/c1-3-7-16-12-13-19(15(2)24-16)22(26)25-17-8-6-9-18(14-17)27-21-11-5-4-10-20(21)23/h4-6,8-14H,3,7H2,1-2H3,(H,25,26). The van der Waals surface area contributed by atoms with E-state index < -0.39 is 0 Å². The van der Waals surface area contributed by atoms with Crippen LogP contribution >= 0.6 is 11.6 Å². The number of para-hydroxylation sites is 1. The number of nitrogens with one attached hydrogen (secondary N) is 1.